The van der Waals surface area contributed by atoms with Crippen LogP contribution >= 0.6 is 11.6 Å². The van der Waals surface area contributed by atoms with Crippen LogP contribution in [0.5, 0.6) is 17.2 Å². The summed E-state index contributed by atoms with van der Waals surface area (Å²) in [4.78, 5) is 27.3. The molecule has 0 saturated heterocycles. The summed E-state index contributed by atoms with van der Waals surface area (Å²) in [6.45, 7) is 2.59. The SMILES string of the molecule is Cc1ccc(NC(=O)CN2CCOCCOc3ccccc3Oc3ccc(Cl)cc3NC(=O)C2)cc1F. The molecule has 2 amide bonds. The molecule has 1 heterocycles. The number of nitrogens with one attached hydrogen (secondary N) is 2. The van der Waals surface area contributed by atoms with Crippen LogP contribution in [-0.2, 0) is 14.3 Å². The zero-order valence-corrected chi connectivity index (χ0v) is 21.0. The molecule has 0 unspecified atom stereocenters. The number of anilines is 2. The first kappa shape index (κ1) is 26.4. The fourth-order valence-electron chi connectivity index (χ4n) is 3.65. The average Bonchev–Trinajstić information content (AvgIpc) is 2.86. The van der Waals surface area contributed by atoms with Crippen molar-refractivity contribution in [2.75, 3.05) is 50.1 Å². The number of carbonyl (C=O) groups excluding carboxylic acids is 2. The Morgan fingerprint density at radius 3 is 2.68 bits per heavy atom. The minimum absolute atomic E-state index is 0.0991. The fraction of sp³-hybridized carbons (Fsp3) is 0.259. The smallest absolute Gasteiger partial charge is 0.238 e. The highest BCUT2D eigenvalue weighted by atomic mass is 35.5. The number of halogens is 2. The number of fused-ring (bicyclic) bond motifs is 2. The van der Waals surface area contributed by atoms with Crippen molar-refractivity contribution >= 4 is 34.8 Å². The van der Waals surface area contributed by atoms with E-state index in [1.807, 2.05) is 12.1 Å². The van der Waals surface area contributed by atoms with Crippen LogP contribution in [-0.4, -0.2) is 56.2 Å². The summed E-state index contributed by atoms with van der Waals surface area (Å²) in [5.41, 5.74) is 1.19. The molecule has 0 saturated carbocycles. The summed E-state index contributed by atoms with van der Waals surface area (Å²) in [6.07, 6.45) is 0. The molecule has 8 nitrogen and oxygen atoms in total. The van der Waals surface area contributed by atoms with Crippen LogP contribution < -0.4 is 20.1 Å². The van der Waals surface area contributed by atoms with Gasteiger partial charge in [-0.3, -0.25) is 14.5 Å². The molecule has 0 aromatic heterocycles. The molecule has 3 aromatic carbocycles. The Hall–Kier alpha value is -3.66. The number of benzene rings is 3. The number of nitrogens with zero attached hydrogens (tertiary/aromatic N) is 1. The van der Waals surface area contributed by atoms with Crippen molar-refractivity contribution in [2.24, 2.45) is 0 Å². The predicted molar refractivity (Wildman–Crippen MR) is 139 cm³/mol. The molecule has 3 aromatic rings. The molecular formula is C27H27ClFN3O5. The molecule has 1 aliphatic heterocycles. The van der Waals surface area contributed by atoms with Gasteiger partial charge in [0, 0.05) is 17.3 Å². The summed E-state index contributed by atoms with van der Waals surface area (Å²) in [7, 11) is 0. The van der Waals surface area contributed by atoms with Crippen LogP contribution in [0.25, 0.3) is 0 Å². The Kier molecular flexibility index (Phi) is 8.95. The largest absolute Gasteiger partial charge is 0.487 e. The quantitative estimate of drug-likeness (QED) is 0.505. The normalized spacial score (nSPS) is 15.1. The number of amides is 2. The number of aryl methyl sites for hydroxylation is 1. The zero-order valence-electron chi connectivity index (χ0n) is 20.3. The molecule has 1 aliphatic rings. The van der Waals surface area contributed by atoms with Gasteiger partial charge in [-0.25, -0.2) is 4.39 Å². The van der Waals surface area contributed by atoms with Gasteiger partial charge in [-0.15, -0.1) is 0 Å². The van der Waals surface area contributed by atoms with Gasteiger partial charge in [0.25, 0.3) is 0 Å². The van der Waals surface area contributed by atoms with Gasteiger partial charge in [0.15, 0.2) is 17.2 Å². The van der Waals surface area contributed by atoms with E-state index in [2.05, 4.69) is 10.6 Å². The zero-order chi connectivity index (χ0) is 26.2. The van der Waals surface area contributed by atoms with Gasteiger partial charge in [0.2, 0.25) is 11.8 Å². The Morgan fingerprint density at radius 1 is 1.05 bits per heavy atom. The summed E-state index contributed by atoms with van der Waals surface area (Å²) in [5, 5.41) is 5.90. The highest BCUT2D eigenvalue weighted by Crippen LogP contribution is 2.36. The highest BCUT2D eigenvalue weighted by molar-refractivity contribution is 6.31. The van der Waals surface area contributed by atoms with E-state index >= 15 is 0 Å². The van der Waals surface area contributed by atoms with Crippen molar-refractivity contribution in [2.45, 2.75) is 6.92 Å². The lowest BCUT2D eigenvalue weighted by Crippen LogP contribution is -2.40. The van der Waals surface area contributed by atoms with Crippen molar-refractivity contribution in [1.82, 2.24) is 4.90 Å². The molecule has 0 aliphatic carbocycles. The predicted octanol–water partition coefficient (Wildman–Crippen LogP) is 4.87. The molecule has 4 rings (SSSR count). The Labute approximate surface area is 219 Å². The molecule has 0 bridgehead atoms. The lowest BCUT2D eigenvalue weighted by atomic mass is 10.2. The summed E-state index contributed by atoms with van der Waals surface area (Å²) in [5.74, 6) is 0.203. The van der Waals surface area contributed by atoms with Crippen molar-refractivity contribution < 1.29 is 28.2 Å². The monoisotopic (exact) mass is 527 g/mol. The van der Waals surface area contributed by atoms with E-state index in [9.17, 15) is 14.0 Å². The molecule has 194 valence electrons. The second-order valence-corrected chi connectivity index (χ2v) is 8.86. The number of ether oxygens (including phenoxy) is 3. The molecule has 10 heteroatoms. The second kappa shape index (κ2) is 12.5. The van der Waals surface area contributed by atoms with E-state index in [0.29, 0.717) is 52.4 Å². The highest BCUT2D eigenvalue weighted by Gasteiger charge is 2.18. The second-order valence-electron chi connectivity index (χ2n) is 8.42. The fourth-order valence-corrected chi connectivity index (χ4v) is 3.82. The van der Waals surface area contributed by atoms with Gasteiger partial charge in [-0.1, -0.05) is 29.8 Å². The number of para-hydroxylation sites is 2. The maximum Gasteiger partial charge on any atom is 0.238 e. The lowest BCUT2D eigenvalue weighted by Gasteiger charge is -2.21. The first-order valence-electron chi connectivity index (χ1n) is 11.7. The van der Waals surface area contributed by atoms with E-state index in [-0.39, 0.29) is 38.1 Å². The average molecular weight is 528 g/mol. The van der Waals surface area contributed by atoms with Crippen LogP contribution in [0, 0.1) is 12.7 Å². The lowest BCUT2D eigenvalue weighted by molar-refractivity contribution is -0.120. The van der Waals surface area contributed by atoms with Crippen LogP contribution in [0.4, 0.5) is 15.8 Å². The van der Waals surface area contributed by atoms with E-state index in [1.165, 1.54) is 6.07 Å². The van der Waals surface area contributed by atoms with Crippen molar-refractivity contribution in [3.63, 3.8) is 0 Å². The summed E-state index contributed by atoms with van der Waals surface area (Å²) in [6, 6.07) is 16.5. The first-order valence-corrected chi connectivity index (χ1v) is 12.1. The minimum atomic E-state index is -0.413. The van der Waals surface area contributed by atoms with Crippen LogP contribution in [0.2, 0.25) is 5.02 Å². The maximum atomic E-state index is 13.9. The topological polar surface area (TPSA) is 89.1 Å². The van der Waals surface area contributed by atoms with Crippen molar-refractivity contribution in [1.29, 1.82) is 0 Å². The standard InChI is InChI=1S/C27H27ClFN3O5/c1-18-6-8-20(15-21(18)29)30-26(33)16-32-10-11-35-12-13-36-24-4-2-3-5-25(24)37-23-9-7-19(28)14-22(23)31-27(34)17-32/h2-9,14-15H,10-13,16-17H2,1H3,(H,30,33)(H,31,34). The van der Waals surface area contributed by atoms with Crippen LogP contribution in [0.3, 0.4) is 0 Å². The third-order valence-electron chi connectivity index (χ3n) is 5.51. The molecule has 0 fully saturated rings. The molecule has 0 radical (unpaired) electrons. The Bertz CT molecular complexity index is 1270. The van der Waals surface area contributed by atoms with Crippen LogP contribution in [0.1, 0.15) is 5.56 Å². The van der Waals surface area contributed by atoms with Crippen molar-refractivity contribution in [3.8, 4) is 17.2 Å². The summed E-state index contributed by atoms with van der Waals surface area (Å²) >= 11 is 6.18. The van der Waals surface area contributed by atoms with Gasteiger partial charge >= 0.3 is 0 Å². The van der Waals surface area contributed by atoms with Crippen LogP contribution in [0.15, 0.2) is 60.7 Å². The molecule has 2 N–H and O–H groups in total. The molecule has 0 atom stereocenters. The first-order chi connectivity index (χ1) is 17.9. The third kappa shape index (κ3) is 7.66. The Morgan fingerprint density at radius 2 is 1.86 bits per heavy atom. The van der Waals surface area contributed by atoms with Gasteiger partial charge in [-0.2, -0.15) is 0 Å². The van der Waals surface area contributed by atoms with Gasteiger partial charge in [0.1, 0.15) is 12.4 Å². The molecule has 0 spiro atoms. The molecule has 37 heavy (non-hydrogen) atoms. The third-order valence-corrected chi connectivity index (χ3v) is 5.75. The maximum absolute atomic E-state index is 13.9. The van der Waals surface area contributed by atoms with E-state index in [4.69, 9.17) is 25.8 Å². The Balaban J connectivity index is 1.50. The van der Waals surface area contributed by atoms with E-state index in [0.717, 1.165) is 0 Å². The van der Waals surface area contributed by atoms with Crippen molar-refractivity contribution in [3.05, 3.63) is 77.1 Å². The van der Waals surface area contributed by atoms with E-state index < -0.39 is 5.82 Å². The van der Waals surface area contributed by atoms with Gasteiger partial charge < -0.3 is 24.8 Å². The summed E-state index contributed by atoms with van der Waals surface area (Å²) < 4.78 is 31.4. The number of hydrogen-bond acceptors (Lipinski definition) is 6. The van der Waals surface area contributed by atoms with Gasteiger partial charge in [-0.05, 0) is 55.0 Å². The van der Waals surface area contributed by atoms with E-state index in [1.54, 1.807) is 54.3 Å². The molecular weight excluding hydrogens is 501 g/mol. The number of carbonyl (C=O) groups is 2. The minimum Gasteiger partial charge on any atom is -0.487 e. The number of rotatable bonds is 3. The number of hydrogen-bond donors (Lipinski definition) is 2. The van der Waals surface area contributed by atoms with Gasteiger partial charge in [0.05, 0.1) is 32.0 Å².